The Hall–Kier alpha value is -2.28. The van der Waals surface area contributed by atoms with E-state index in [2.05, 4.69) is 55.7 Å². The van der Waals surface area contributed by atoms with Crippen LogP contribution < -0.4 is 0 Å². The van der Waals surface area contributed by atoms with Gasteiger partial charge in [0.1, 0.15) is 5.82 Å². The zero-order valence-corrected chi connectivity index (χ0v) is 15.3. The number of nitrogens with zero attached hydrogens (tertiary/aromatic N) is 6. The van der Waals surface area contributed by atoms with Crippen LogP contribution in [0.3, 0.4) is 0 Å². The Morgan fingerprint density at radius 2 is 2.00 bits per heavy atom. The van der Waals surface area contributed by atoms with E-state index in [0.29, 0.717) is 24.9 Å². The summed E-state index contributed by atoms with van der Waals surface area (Å²) < 4.78 is 1.70. The average molecular weight is 354 g/mol. The van der Waals surface area contributed by atoms with Crippen molar-refractivity contribution in [3.63, 3.8) is 0 Å². The van der Waals surface area contributed by atoms with E-state index in [1.165, 1.54) is 18.4 Å². The molecule has 1 aromatic heterocycles. The van der Waals surface area contributed by atoms with Gasteiger partial charge < -0.3 is 4.90 Å². The molecule has 2 aromatic rings. The van der Waals surface area contributed by atoms with Gasteiger partial charge in [-0.1, -0.05) is 30.3 Å². The van der Waals surface area contributed by atoms with Gasteiger partial charge in [0.2, 0.25) is 5.91 Å². The Bertz CT molecular complexity index is 745. The Morgan fingerprint density at radius 3 is 2.77 bits per heavy atom. The second-order valence-corrected chi connectivity index (χ2v) is 7.51. The predicted octanol–water partition coefficient (Wildman–Crippen LogP) is 1.49. The smallest absolute Gasteiger partial charge is 0.224 e. The first-order valence-electron chi connectivity index (χ1n) is 9.47. The number of fused-ring (bicyclic) bond motifs is 4. The second kappa shape index (κ2) is 7.53. The van der Waals surface area contributed by atoms with Gasteiger partial charge >= 0.3 is 0 Å². The van der Waals surface area contributed by atoms with Gasteiger partial charge in [-0.15, -0.1) is 5.10 Å². The maximum atomic E-state index is 12.8. The standard InChI is InChI=1S/C19H26N6O/c1-15-20-21-22-25(15)10-9-19(26)24-13-17-7-8-18(14-24)23(12-17)11-16-5-3-2-4-6-16/h2-6,17-18H,7-14H2,1H3/t17-,18-/m1/s1. The number of hydrogen-bond acceptors (Lipinski definition) is 5. The molecule has 26 heavy (non-hydrogen) atoms. The topological polar surface area (TPSA) is 67.2 Å². The molecule has 4 heterocycles. The van der Waals surface area contributed by atoms with Crippen LogP contribution in [-0.2, 0) is 17.9 Å². The summed E-state index contributed by atoms with van der Waals surface area (Å²) >= 11 is 0. The zero-order valence-electron chi connectivity index (χ0n) is 15.3. The lowest BCUT2D eigenvalue weighted by molar-refractivity contribution is -0.131. The summed E-state index contributed by atoms with van der Waals surface area (Å²) in [5.74, 6) is 1.55. The number of aryl methyl sites for hydroxylation is 2. The van der Waals surface area contributed by atoms with Crippen LogP contribution in [0.1, 0.15) is 30.7 Å². The molecular formula is C19H26N6O. The molecule has 0 N–H and O–H groups in total. The van der Waals surface area contributed by atoms with Gasteiger partial charge in [-0.25, -0.2) is 4.68 Å². The summed E-state index contributed by atoms with van der Waals surface area (Å²) in [7, 11) is 0. The summed E-state index contributed by atoms with van der Waals surface area (Å²) in [5, 5.41) is 11.4. The quantitative estimate of drug-likeness (QED) is 0.814. The number of carbonyl (C=O) groups is 1. The summed E-state index contributed by atoms with van der Waals surface area (Å²) in [4.78, 5) is 17.4. The summed E-state index contributed by atoms with van der Waals surface area (Å²) in [6, 6.07) is 11.1. The van der Waals surface area contributed by atoms with E-state index < -0.39 is 0 Å². The summed E-state index contributed by atoms with van der Waals surface area (Å²) in [6.07, 6.45) is 2.88. The number of carbonyl (C=O) groups excluding carboxylic acids is 1. The molecule has 0 unspecified atom stereocenters. The van der Waals surface area contributed by atoms with Crippen LogP contribution in [0.2, 0.25) is 0 Å². The Balaban J connectivity index is 1.38. The highest BCUT2D eigenvalue weighted by atomic mass is 16.2. The van der Waals surface area contributed by atoms with E-state index in [9.17, 15) is 4.79 Å². The van der Waals surface area contributed by atoms with Crippen LogP contribution >= 0.6 is 0 Å². The molecule has 7 nitrogen and oxygen atoms in total. The van der Waals surface area contributed by atoms with Crippen molar-refractivity contribution in [1.29, 1.82) is 0 Å². The molecule has 0 saturated carbocycles. The first-order valence-corrected chi connectivity index (χ1v) is 9.47. The highest BCUT2D eigenvalue weighted by molar-refractivity contribution is 5.76. The summed E-state index contributed by atoms with van der Waals surface area (Å²) in [6.45, 7) is 6.21. The molecule has 0 radical (unpaired) electrons. The number of hydrogen-bond donors (Lipinski definition) is 0. The van der Waals surface area contributed by atoms with Crippen molar-refractivity contribution >= 4 is 5.91 Å². The van der Waals surface area contributed by atoms with Crippen molar-refractivity contribution < 1.29 is 4.79 Å². The third-order valence-electron chi connectivity index (χ3n) is 5.66. The highest BCUT2D eigenvalue weighted by Gasteiger charge is 2.36. The summed E-state index contributed by atoms with van der Waals surface area (Å²) in [5.41, 5.74) is 1.35. The fourth-order valence-corrected chi connectivity index (χ4v) is 4.21. The molecule has 2 atom stereocenters. The molecule has 3 fully saturated rings. The van der Waals surface area contributed by atoms with Crippen LogP contribution in [-0.4, -0.2) is 61.6 Å². The molecule has 0 spiro atoms. The highest BCUT2D eigenvalue weighted by Crippen LogP contribution is 2.29. The molecule has 5 rings (SSSR count). The van der Waals surface area contributed by atoms with Gasteiger partial charge in [0.15, 0.2) is 0 Å². The van der Waals surface area contributed by atoms with Gasteiger partial charge in [0.05, 0.1) is 6.54 Å². The number of tetrazole rings is 1. The molecule has 2 bridgehead atoms. The van der Waals surface area contributed by atoms with Crippen LogP contribution in [0.25, 0.3) is 0 Å². The van der Waals surface area contributed by atoms with Gasteiger partial charge in [0, 0.05) is 38.6 Å². The van der Waals surface area contributed by atoms with Crippen LogP contribution in [0.5, 0.6) is 0 Å². The van der Waals surface area contributed by atoms with E-state index in [0.717, 1.165) is 32.0 Å². The minimum absolute atomic E-state index is 0.221. The van der Waals surface area contributed by atoms with Gasteiger partial charge in [-0.05, 0) is 41.7 Å². The number of piperidine rings is 1. The third-order valence-corrected chi connectivity index (χ3v) is 5.66. The van der Waals surface area contributed by atoms with E-state index >= 15 is 0 Å². The van der Waals surface area contributed by atoms with Crippen LogP contribution in [0.4, 0.5) is 0 Å². The van der Waals surface area contributed by atoms with Crippen LogP contribution in [0.15, 0.2) is 30.3 Å². The lowest BCUT2D eigenvalue weighted by atomic mass is 9.94. The number of rotatable bonds is 5. The zero-order chi connectivity index (χ0) is 17.9. The molecule has 138 valence electrons. The second-order valence-electron chi connectivity index (χ2n) is 7.51. The van der Waals surface area contributed by atoms with Crippen molar-refractivity contribution in [3.05, 3.63) is 41.7 Å². The van der Waals surface area contributed by atoms with Crippen molar-refractivity contribution in [2.75, 3.05) is 19.6 Å². The molecule has 3 aliphatic heterocycles. The molecule has 1 aromatic carbocycles. The van der Waals surface area contributed by atoms with Gasteiger partial charge in [-0.3, -0.25) is 9.69 Å². The van der Waals surface area contributed by atoms with E-state index in [1.54, 1.807) is 4.68 Å². The van der Waals surface area contributed by atoms with Crippen molar-refractivity contribution in [1.82, 2.24) is 30.0 Å². The first kappa shape index (κ1) is 17.1. The minimum Gasteiger partial charge on any atom is -0.341 e. The number of amides is 1. The normalized spacial score (nSPS) is 23.2. The average Bonchev–Trinajstić information content (AvgIpc) is 2.86. The fraction of sp³-hybridized carbons (Fsp3) is 0.579. The van der Waals surface area contributed by atoms with Crippen molar-refractivity contribution in [2.24, 2.45) is 5.92 Å². The van der Waals surface area contributed by atoms with E-state index in [-0.39, 0.29) is 5.91 Å². The van der Waals surface area contributed by atoms with E-state index in [1.807, 2.05) is 6.92 Å². The predicted molar refractivity (Wildman–Crippen MR) is 97.1 cm³/mol. The maximum Gasteiger partial charge on any atom is 0.224 e. The molecule has 0 aliphatic carbocycles. The Labute approximate surface area is 154 Å². The minimum atomic E-state index is 0.221. The van der Waals surface area contributed by atoms with E-state index in [4.69, 9.17) is 0 Å². The maximum absolute atomic E-state index is 12.8. The molecule has 1 amide bonds. The van der Waals surface area contributed by atoms with Crippen molar-refractivity contribution in [3.8, 4) is 0 Å². The monoisotopic (exact) mass is 354 g/mol. The third kappa shape index (κ3) is 3.77. The largest absolute Gasteiger partial charge is 0.341 e. The molecule has 3 saturated heterocycles. The molecule has 7 heteroatoms. The van der Waals surface area contributed by atoms with Crippen LogP contribution in [0, 0.1) is 12.8 Å². The Kier molecular flexibility index (Phi) is 4.97. The number of benzene rings is 1. The molecular weight excluding hydrogens is 328 g/mol. The number of aromatic nitrogens is 4. The van der Waals surface area contributed by atoms with Gasteiger partial charge in [0.25, 0.3) is 0 Å². The van der Waals surface area contributed by atoms with Gasteiger partial charge in [-0.2, -0.15) is 0 Å². The molecule has 3 aliphatic rings. The SMILES string of the molecule is Cc1nnnn1CCC(=O)N1C[C@@H]2CC[C@H](C1)N(Cc1ccccc1)C2. The Morgan fingerprint density at radius 1 is 1.15 bits per heavy atom. The van der Waals surface area contributed by atoms with Crippen molar-refractivity contribution in [2.45, 2.75) is 45.3 Å². The lowest BCUT2D eigenvalue weighted by Crippen LogP contribution is -2.44. The lowest BCUT2D eigenvalue weighted by Gasteiger charge is -2.36. The fourth-order valence-electron chi connectivity index (χ4n) is 4.21. The first-order chi connectivity index (χ1) is 12.7.